The van der Waals surface area contributed by atoms with Gasteiger partial charge in [0.15, 0.2) is 0 Å². The van der Waals surface area contributed by atoms with Crippen LogP contribution in [0, 0.1) is 11.8 Å². The third-order valence-corrected chi connectivity index (χ3v) is 4.01. The van der Waals surface area contributed by atoms with Crippen LogP contribution in [0.3, 0.4) is 0 Å². The van der Waals surface area contributed by atoms with Gasteiger partial charge in [0.1, 0.15) is 6.04 Å². The summed E-state index contributed by atoms with van der Waals surface area (Å²) in [4.78, 5) is 26.7. The third kappa shape index (κ3) is 6.49. The first-order chi connectivity index (χ1) is 9.91. The summed E-state index contributed by atoms with van der Waals surface area (Å²) in [5, 5.41) is 2.95. The van der Waals surface area contributed by atoms with Gasteiger partial charge in [-0.25, -0.2) is 0 Å². The van der Waals surface area contributed by atoms with Crippen molar-refractivity contribution in [3.05, 3.63) is 0 Å². The number of carbonyl (C=O) groups excluding carboxylic acids is 2. The topological polar surface area (TPSA) is 49.4 Å². The summed E-state index contributed by atoms with van der Waals surface area (Å²) < 4.78 is 0. The zero-order chi connectivity index (χ0) is 15.8. The summed E-state index contributed by atoms with van der Waals surface area (Å²) in [5.41, 5.74) is 0. The summed E-state index contributed by atoms with van der Waals surface area (Å²) in [5.74, 6) is 0.529. The Morgan fingerprint density at radius 3 is 1.95 bits per heavy atom. The molecular weight excluding hydrogens is 264 g/mol. The zero-order valence-corrected chi connectivity index (χ0v) is 14.2. The van der Waals surface area contributed by atoms with Crippen molar-refractivity contribution < 1.29 is 9.59 Å². The lowest BCUT2D eigenvalue weighted by molar-refractivity contribution is -0.138. The van der Waals surface area contributed by atoms with Crippen LogP contribution >= 0.6 is 0 Å². The van der Waals surface area contributed by atoms with E-state index in [-0.39, 0.29) is 23.8 Å². The van der Waals surface area contributed by atoms with E-state index in [4.69, 9.17) is 0 Å². The van der Waals surface area contributed by atoms with Crippen molar-refractivity contribution in [2.45, 2.75) is 72.3 Å². The van der Waals surface area contributed by atoms with E-state index >= 15 is 0 Å². The van der Waals surface area contributed by atoms with Crippen molar-refractivity contribution in [2.75, 3.05) is 13.1 Å². The molecule has 2 amide bonds. The molecule has 0 saturated carbocycles. The van der Waals surface area contributed by atoms with Gasteiger partial charge in [-0.1, -0.05) is 47.0 Å². The molecule has 0 radical (unpaired) electrons. The maximum absolute atomic E-state index is 12.7. The predicted octanol–water partition coefficient (Wildman–Crippen LogP) is 2.97. The standard InChI is InChI=1S/C17H32N2O2/c1-13(2)12-15(20)18-16(14(3)4)17(21)19-10-8-6-5-7-9-11-19/h13-14,16H,5-12H2,1-4H3,(H,18,20)/t16-/m0/s1. The van der Waals surface area contributed by atoms with E-state index in [1.54, 1.807) is 0 Å². The van der Waals surface area contributed by atoms with Crippen LogP contribution in [0.5, 0.6) is 0 Å². The van der Waals surface area contributed by atoms with Crippen molar-refractivity contribution in [3.8, 4) is 0 Å². The van der Waals surface area contributed by atoms with Gasteiger partial charge in [0.05, 0.1) is 0 Å². The molecule has 1 atom stereocenters. The van der Waals surface area contributed by atoms with Crippen LogP contribution in [0.15, 0.2) is 0 Å². The first-order valence-electron chi connectivity index (χ1n) is 8.50. The van der Waals surface area contributed by atoms with Crippen LogP contribution in [-0.2, 0) is 9.59 Å². The van der Waals surface area contributed by atoms with Crippen molar-refractivity contribution in [3.63, 3.8) is 0 Å². The van der Waals surface area contributed by atoms with Crippen molar-refractivity contribution >= 4 is 11.8 Å². The highest BCUT2D eigenvalue weighted by molar-refractivity contribution is 5.88. The van der Waals surface area contributed by atoms with Crippen LogP contribution in [-0.4, -0.2) is 35.8 Å². The monoisotopic (exact) mass is 296 g/mol. The van der Waals surface area contributed by atoms with Gasteiger partial charge in [-0.2, -0.15) is 0 Å². The fraction of sp³-hybridized carbons (Fsp3) is 0.882. The van der Waals surface area contributed by atoms with Gasteiger partial charge in [-0.15, -0.1) is 0 Å². The quantitative estimate of drug-likeness (QED) is 0.848. The summed E-state index contributed by atoms with van der Waals surface area (Å²) in [6.45, 7) is 9.71. The number of nitrogens with zero attached hydrogens (tertiary/aromatic N) is 1. The highest BCUT2D eigenvalue weighted by atomic mass is 16.2. The van der Waals surface area contributed by atoms with Gasteiger partial charge in [-0.3, -0.25) is 9.59 Å². The average molecular weight is 296 g/mol. The van der Waals surface area contributed by atoms with Gasteiger partial charge in [0, 0.05) is 19.5 Å². The Hall–Kier alpha value is -1.06. The fourth-order valence-corrected chi connectivity index (χ4v) is 2.78. The number of likely N-dealkylation sites (tertiary alicyclic amines) is 1. The van der Waals surface area contributed by atoms with Crippen LogP contribution in [0.2, 0.25) is 0 Å². The van der Waals surface area contributed by atoms with Crippen LogP contribution in [0.4, 0.5) is 0 Å². The average Bonchev–Trinajstić information content (AvgIpc) is 2.33. The molecule has 1 saturated heterocycles. The summed E-state index contributed by atoms with van der Waals surface area (Å²) in [7, 11) is 0. The molecular formula is C17H32N2O2. The SMILES string of the molecule is CC(C)CC(=O)N[C@H](C(=O)N1CCCCCCC1)C(C)C. The number of carbonyl (C=O) groups is 2. The Bertz CT molecular complexity index is 332. The van der Waals surface area contributed by atoms with E-state index in [0.717, 1.165) is 25.9 Å². The molecule has 0 spiro atoms. The molecule has 1 fully saturated rings. The molecule has 0 bridgehead atoms. The van der Waals surface area contributed by atoms with Gasteiger partial charge in [-0.05, 0) is 24.7 Å². The summed E-state index contributed by atoms with van der Waals surface area (Å²) >= 11 is 0. The molecule has 4 heteroatoms. The Morgan fingerprint density at radius 2 is 1.48 bits per heavy atom. The highest BCUT2D eigenvalue weighted by Gasteiger charge is 2.28. The van der Waals surface area contributed by atoms with Crippen molar-refractivity contribution in [2.24, 2.45) is 11.8 Å². The maximum Gasteiger partial charge on any atom is 0.245 e. The molecule has 1 rings (SSSR count). The van der Waals surface area contributed by atoms with Crippen molar-refractivity contribution in [1.29, 1.82) is 0 Å². The van der Waals surface area contributed by atoms with Crippen LogP contribution in [0.25, 0.3) is 0 Å². The molecule has 1 N–H and O–H groups in total. The number of rotatable bonds is 5. The summed E-state index contributed by atoms with van der Waals surface area (Å²) in [6, 6.07) is -0.379. The molecule has 0 aromatic carbocycles. The molecule has 21 heavy (non-hydrogen) atoms. The van der Waals surface area contributed by atoms with Gasteiger partial charge >= 0.3 is 0 Å². The number of amides is 2. The zero-order valence-electron chi connectivity index (χ0n) is 14.2. The van der Waals surface area contributed by atoms with Gasteiger partial charge in [0.25, 0.3) is 0 Å². The van der Waals surface area contributed by atoms with E-state index in [9.17, 15) is 9.59 Å². The lowest BCUT2D eigenvalue weighted by Gasteiger charge is -2.31. The van der Waals surface area contributed by atoms with E-state index in [1.807, 2.05) is 32.6 Å². The second-order valence-corrected chi connectivity index (χ2v) is 6.98. The maximum atomic E-state index is 12.7. The minimum Gasteiger partial charge on any atom is -0.344 e. The van der Waals surface area contributed by atoms with E-state index < -0.39 is 0 Å². The molecule has 1 aliphatic rings. The Kier molecular flexibility index (Phi) is 7.76. The predicted molar refractivity (Wildman–Crippen MR) is 85.9 cm³/mol. The molecule has 4 nitrogen and oxygen atoms in total. The number of nitrogens with one attached hydrogen (secondary N) is 1. The second kappa shape index (κ2) is 9.06. The van der Waals surface area contributed by atoms with Crippen LogP contribution in [0.1, 0.15) is 66.2 Å². The molecule has 1 aliphatic heterocycles. The largest absolute Gasteiger partial charge is 0.344 e. The Balaban J connectivity index is 2.64. The third-order valence-electron chi connectivity index (χ3n) is 4.01. The molecule has 0 unspecified atom stereocenters. The molecule has 0 aromatic rings. The first kappa shape index (κ1) is 18.0. The molecule has 122 valence electrons. The molecule has 0 aromatic heterocycles. The van der Waals surface area contributed by atoms with Crippen molar-refractivity contribution in [1.82, 2.24) is 10.2 Å². The highest BCUT2D eigenvalue weighted by Crippen LogP contribution is 2.14. The fourth-order valence-electron chi connectivity index (χ4n) is 2.78. The molecule has 1 heterocycles. The van der Waals surface area contributed by atoms with E-state index in [0.29, 0.717) is 12.3 Å². The minimum atomic E-state index is -0.379. The number of hydrogen-bond donors (Lipinski definition) is 1. The van der Waals surface area contributed by atoms with Crippen LogP contribution < -0.4 is 5.32 Å². The summed E-state index contributed by atoms with van der Waals surface area (Å²) in [6.07, 6.45) is 6.33. The first-order valence-corrected chi connectivity index (χ1v) is 8.50. The lowest BCUT2D eigenvalue weighted by atomic mass is 10.0. The second-order valence-electron chi connectivity index (χ2n) is 6.98. The smallest absolute Gasteiger partial charge is 0.245 e. The van der Waals surface area contributed by atoms with E-state index in [2.05, 4.69) is 5.32 Å². The Morgan fingerprint density at radius 1 is 0.952 bits per heavy atom. The van der Waals surface area contributed by atoms with Gasteiger partial charge < -0.3 is 10.2 Å². The Labute approximate surface area is 129 Å². The lowest BCUT2D eigenvalue weighted by Crippen LogP contribution is -2.52. The normalized spacial score (nSPS) is 18.3. The number of hydrogen-bond acceptors (Lipinski definition) is 2. The van der Waals surface area contributed by atoms with Gasteiger partial charge in [0.2, 0.25) is 11.8 Å². The minimum absolute atomic E-state index is 0.0101. The van der Waals surface area contributed by atoms with E-state index in [1.165, 1.54) is 19.3 Å². The molecule has 0 aliphatic carbocycles.